The van der Waals surface area contributed by atoms with Crippen molar-refractivity contribution in [3.63, 3.8) is 0 Å². The third kappa shape index (κ3) is 4.77. The molecule has 1 aliphatic heterocycles. The second kappa shape index (κ2) is 9.52. The molecule has 2 aliphatic carbocycles. The van der Waals surface area contributed by atoms with E-state index in [-0.39, 0.29) is 29.5 Å². The molecule has 0 atom stereocenters. The predicted molar refractivity (Wildman–Crippen MR) is 150 cm³/mol. The minimum Gasteiger partial charge on any atom is -0.481 e. The summed E-state index contributed by atoms with van der Waals surface area (Å²) in [5.41, 5.74) is 2.32. The van der Waals surface area contributed by atoms with Crippen LogP contribution in [-0.2, 0) is 20.6 Å². The number of benzene rings is 2. The van der Waals surface area contributed by atoms with Gasteiger partial charge in [0.15, 0.2) is 5.78 Å². The number of carbonyl (C=O) groups is 2. The lowest BCUT2D eigenvalue weighted by Crippen LogP contribution is -2.48. The molecule has 2 heterocycles. The van der Waals surface area contributed by atoms with E-state index < -0.39 is 30.1 Å². The molecule has 7 nitrogen and oxygen atoms in total. The van der Waals surface area contributed by atoms with Gasteiger partial charge >= 0.3 is 13.1 Å². The molecule has 40 heavy (non-hydrogen) atoms. The molecule has 3 fully saturated rings. The van der Waals surface area contributed by atoms with Crippen LogP contribution in [0.25, 0.3) is 10.9 Å². The molecule has 1 N–H and O–H groups in total. The van der Waals surface area contributed by atoms with Crippen LogP contribution < -0.4 is 5.46 Å². The number of ketones is 1. The SMILES string of the molecule is CC1(C)OB(c2ccc(Cn3ncc4c(F)ccc(C(=O)CC5CC6(CC(CC(=O)O)C6)C5)c43)cc2)OC1(C)C. The number of rotatable bonds is 8. The van der Waals surface area contributed by atoms with Crippen LogP contribution in [0.3, 0.4) is 0 Å². The smallest absolute Gasteiger partial charge is 0.481 e. The summed E-state index contributed by atoms with van der Waals surface area (Å²) in [5, 5.41) is 13.8. The molecule has 3 aliphatic rings. The number of halogens is 1. The molecule has 1 aromatic heterocycles. The number of hydrogen-bond acceptors (Lipinski definition) is 5. The van der Waals surface area contributed by atoms with Gasteiger partial charge in [0, 0.05) is 18.4 Å². The minimum absolute atomic E-state index is 0.00381. The van der Waals surface area contributed by atoms with Crippen LogP contribution >= 0.6 is 0 Å². The van der Waals surface area contributed by atoms with Gasteiger partial charge in [0.2, 0.25) is 0 Å². The average Bonchev–Trinajstić information content (AvgIpc) is 3.34. The summed E-state index contributed by atoms with van der Waals surface area (Å²) >= 11 is 0. The molecule has 0 bridgehead atoms. The van der Waals surface area contributed by atoms with Gasteiger partial charge in [-0.25, -0.2) is 4.39 Å². The first-order valence-corrected chi connectivity index (χ1v) is 14.2. The molecular weight excluding hydrogens is 510 g/mol. The van der Waals surface area contributed by atoms with E-state index in [4.69, 9.17) is 14.4 Å². The van der Waals surface area contributed by atoms with Gasteiger partial charge in [-0.1, -0.05) is 24.3 Å². The molecule has 2 aromatic carbocycles. The monoisotopic (exact) mass is 546 g/mol. The van der Waals surface area contributed by atoms with Gasteiger partial charge in [-0.15, -0.1) is 0 Å². The number of aromatic nitrogens is 2. The van der Waals surface area contributed by atoms with Crippen molar-refractivity contribution in [2.24, 2.45) is 17.3 Å². The number of carboxylic acids is 1. The summed E-state index contributed by atoms with van der Waals surface area (Å²) < 4.78 is 28.7. The van der Waals surface area contributed by atoms with E-state index in [1.54, 1.807) is 10.7 Å². The maximum atomic E-state index is 14.7. The highest BCUT2D eigenvalue weighted by Crippen LogP contribution is 2.62. The molecule has 0 radical (unpaired) electrons. The first-order chi connectivity index (χ1) is 18.8. The topological polar surface area (TPSA) is 90.7 Å². The van der Waals surface area contributed by atoms with E-state index in [0.29, 0.717) is 29.4 Å². The molecule has 1 saturated heterocycles. The molecule has 6 rings (SSSR count). The van der Waals surface area contributed by atoms with Crippen molar-refractivity contribution in [3.8, 4) is 0 Å². The quantitative estimate of drug-likeness (QED) is 0.302. The Morgan fingerprint density at radius 2 is 1.57 bits per heavy atom. The molecule has 2 saturated carbocycles. The first-order valence-electron chi connectivity index (χ1n) is 14.2. The Morgan fingerprint density at radius 3 is 2.17 bits per heavy atom. The summed E-state index contributed by atoms with van der Waals surface area (Å²) in [6.45, 7) is 8.49. The standard InChI is InChI=1S/C31H36BFN2O5/c1-29(2)30(3,4)40-32(39-29)22-7-5-19(6-8-22)18-35-28-23(9-10-25(33)24(28)17-34-35)26(36)11-20-13-31(14-20)15-21(16-31)12-27(37)38/h5-10,17,20-21H,11-16,18H2,1-4H3,(H,37,38). The van der Waals surface area contributed by atoms with E-state index in [2.05, 4.69) is 5.10 Å². The highest BCUT2D eigenvalue weighted by Gasteiger charge is 2.53. The number of aliphatic carboxylic acids is 1. The summed E-state index contributed by atoms with van der Waals surface area (Å²) in [5.74, 6) is -0.563. The minimum atomic E-state index is -0.733. The van der Waals surface area contributed by atoms with Crippen LogP contribution in [0.5, 0.6) is 0 Å². The van der Waals surface area contributed by atoms with E-state index >= 15 is 0 Å². The van der Waals surface area contributed by atoms with Crippen molar-refractivity contribution < 1.29 is 28.4 Å². The zero-order valence-corrected chi connectivity index (χ0v) is 23.6. The number of Topliss-reactive ketones (excluding diaryl/α,β-unsaturated/α-hetero) is 1. The average molecular weight is 546 g/mol. The van der Waals surface area contributed by atoms with Crippen molar-refractivity contribution in [3.05, 3.63) is 59.5 Å². The Kier molecular flexibility index (Phi) is 6.46. The summed E-state index contributed by atoms with van der Waals surface area (Å²) in [6, 6.07) is 10.9. The maximum absolute atomic E-state index is 14.7. The Morgan fingerprint density at radius 1 is 0.975 bits per heavy atom. The lowest BCUT2D eigenvalue weighted by Gasteiger charge is -2.58. The predicted octanol–water partition coefficient (Wildman–Crippen LogP) is 5.38. The van der Waals surface area contributed by atoms with Crippen LogP contribution in [-0.4, -0.2) is 45.0 Å². The fraction of sp³-hybridized carbons (Fsp3) is 0.516. The number of hydrogen-bond donors (Lipinski definition) is 1. The van der Waals surface area contributed by atoms with Crippen molar-refractivity contribution in [1.29, 1.82) is 0 Å². The van der Waals surface area contributed by atoms with Crippen molar-refractivity contribution in [2.45, 2.75) is 84.0 Å². The zero-order chi connectivity index (χ0) is 28.4. The molecule has 0 unspecified atom stereocenters. The van der Waals surface area contributed by atoms with Crippen LogP contribution in [0.1, 0.15) is 82.1 Å². The molecular formula is C31H36BFN2O5. The number of nitrogens with zero attached hydrogens (tertiary/aromatic N) is 2. The number of carbonyl (C=O) groups excluding carboxylic acids is 1. The van der Waals surface area contributed by atoms with Crippen LogP contribution in [0.2, 0.25) is 0 Å². The fourth-order valence-corrected chi connectivity index (χ4v) is 7.02. The molecule has 1 spiro atoms. The summed E-state index contributed by atoms with van der Waals surface area (Å²) in [4.78, 5) is 24.4. The molecule has 0 amide bonds. The van der Waals surface area contributed by atoms with Gasteiger partial charge < -0.3 is 14.4 Å². The molecule has 3 aromatic rings. The van der Waals surface area contributed by atoms with E-state index in [1.165, 1.54) is 12.3 Å². The lowest BCUT2D eigenvalue weighted by molar-refractivity contribution is -0.142. The Bertz CT molecular complexity index is 1450. The van der Waals surface area contributed by atoms with Gasteiger partial charge in [0.05, 0.1) is 34.8 Å². The van der Waals surface area contributed by atoms with Crippen LogP contribution in [0, 0.1) is 23.1 Å². The van der Waals surface area contributed by atoms with Crippen molar-refractivity contribution >= 4 is 35.2 Å². The number of fused-ring (bicyclic) bond motifs is 1. The second-order valence-corrected chi connectivity index (χ2v) is 13.3. The molecule has 210 valence electrons. The summed E-state index contributed by atoms with van der Waals surface area (Å²) in [6.07, 6.45) is 5.98. The maximum Gasteiger partial charge on any atom is 0.494 e. The Hall–Kier alpha value is -3.04. The third-order valence-corrected chi connectivity index (χ3v) is 9.71. The largest absolute Gasteiger partial charge is 0.494 e. The number of carboxylic acid groups (broad SMARTS) is 1. The van der Waals surface area contributed by atoms with Crippen molar-refractivity contribution in [2.75, 3.05) is 0 Å². The lowest BCUT2D eigenvalue weighted by atomic mass is 9.47. The summed E-state index contributed by atoms with van der Waals surface area (Å²) in [7, 11) is -0.448. The van der Waals surface area contributed by atoms with Gasteiger partial charge in [-0.05, 0) is 93.8 Å². The molecule has 9 heteroatoms. The normalized spacial score (nSPS) is 26.6. The zero-order valence-electron chi connectivity index (χ0n) is 23.6. The highest BCUT2D eigenvalue weighted by molar-refractivity contribution is 6.62. The van der Waals surface area contributed by atoms with Gasteiger partial charge in [0.1, 0.15) is 5.82 Å². The van der Waals surface area contributed by atoms with E-state index in [1.807, 2.05) is 52.0 Å². The second-order valence-electron chi connectivity index (χ2n) is 13.3. The van der Waals surface area contributed by atoms with E-state index in [9.17, 15) is 14.0 Å². The van der Waals surface area contributed by atoms with Crippen LogP contribution in [0.4, 0.5) is 4.39 Å². The Labute approximate surface area is 234 Å². The van der Waals surface area contributed by atoms with Gasteiger partial charge in [0.25, 0.3) is 0 Å². The van der Waals surface area contributed by atoms with Gasteiger partial charge in [-0.2, -0.15) is 5.10 Å². The Balaban J connectivity index is 1.15. The van der Waals surface area contributed by atoms with Crippen LogP contribution in [0.15, 0.2) is 42.6 Å². The third-order valence-electron chi connectivity index (χ3n) is 9.71. The van der Waals surface area contributed by atoms with E-state index in [0.717, 1.165) is 36.7 Å². The first kappa shape index (κ1) is 27.2. The highest BCUT2D eigenvalue weighted by atomic mass is 19.1. The van der Waals surface area contributed by atoms with Crippen molar-refractivity contribution in [1.82, 2.24) is 9.78 Å². The van der Waals surface area contributed by atoms with Gasteiger partial charge in [-0.3, -0.25) is 14.3 Å². The fourth-order valence-electron chi connectivity index (χ4n) is 7.02.